The highest BCUT2D eigenvalue weighted by molar-refractivity contribution is 7.90. The summed E-state index contributed by atoms with van der Waals surface area (Å²) in [5.74, 6) is -0.831. The number of benzene rings is 1. The van der Waals surface area contributed by atoms with Gasteiger partial charge in [0.25, 0.3) is 5.91 Å². The number of rotatable bonds is 6. The maximum Gasteiger partial charge on any atom is 0.339 e. The van der Waals surface area contributed by atoms with Crippen LogP contribution in [0, 0.1) is 6.92 Å². The van der Waals surface area contributed by atoms with E-state index in [2.05, 4.69) is 0 Å². The quantitative estimate of drug-likeness (QED) is 0.813. The van der Waals surface area contributed by atoms with E-state index >= 15 is 0 Å². The summed E-state index contributed by atoms with van der Waals surface area (Å²) in [5, 5.41) is 9.06. The lowest BCUT2D eigenvalue weighted by Crippen LogP contribution is -2.26. The van der Waals surface area contributed by atoms with Crippen LogP contribution in [0.25, 0.3) is 0 Å². The van der Waals surface area contributed by atoms with Gasteiger partial charge in [-0.15, -0.1) is 0 Å². The van der Waals surface area contributed by atoms with Gasteiger partial charge in [-0.2, -0.15) is 0 Å². The van der Waals surface area contributed by atoms with Crippen molar-refractivity contribution in [1.82, 2.24) is 4.90 Å². The van der Waals surface area contributed by atoms with E-state index in [1.54, 1.807) is 0 Å². The predicted molar refractivity (Wildman–Crippen MR) is 92.3 cm³/mol. The summed E-state index contributed by atoms with van der Waals surface area (Å²) in [7, 11) is -0.621. The van der Waals surface area contributed by atoms with Gasteiger partial charge in [0.1, 0.15) is 22.8 Å². The fourth-order valence-electron chi connectivity index (χ4n) is 2.43. The van der Waals surface area contributed by atoms with Crippen molar-refractivity contribution in [2.75, 3.05) is 20.4 Å². The van der Waals surface area contributed by atoms with Gasteiger partial charge >= 0.3 is 5.97 Å². The number of ether oxygens (including phenoxy) is 1. The molecule has 0 aliphatic rings. The van der Waals surface area contributed by atoms with Crippen LogP contribution in [0.2, 0.25) is 0 Å². The normalized spacial score (nSPS) is 11.2. The molecule has 0 aliphatic heterocycles. The fourth-order valence-corrected chi connectivity index (χ4v) is 3.08. The smallest absolute Gasteiger partial charge is 0.339 e. The van der Waals surface area contributed by atoms with Gasteiger partial charge in [-0.05, 0) is 31.2 Å². The zero-order valence-electron chi connectivity index (χ0n) is 14.8. The van der Waals surface area contributed by atoms with Gasteiger partial charge < -0.3 is 19.2 Å². The second kappa shape index (κ2) is 7.20. The molecule has 1 heterocycles. The van der Waals surface area contributed by atoms with Crippen LogP contribution in [-0.2, 0) is 16.4 Å². The Balaban J connectivity index is 2.33. The van der Waals surface area contributed by atoms with Crippen molar-refractivity contribution in [1.29, 1.82) is 0 Å². The van der Waals surface area contributed by atoms with Gasteiger partial charge in [-0.25, -0.2) is 13.2 Å². The van der Waals surface area contributed by atoms with E-state index in [1.165, 1.54) is 50.2 Å². The molecule has 9 heteroatoms. The predicted octanol–water partition coefficient (Wildman–Crippen LogP) is 1.97. The highest BCUT2D eigenvalue weighted by Gasteiger charge is 2.22. The molecule has 0 saturated heterocycles. The van der Waals surface area contributed by atoms with Crippen molar-refractivity contribution in [3.8, 4) is 5.75 Å². The monoisotopic (exact) mass is 381 g/mol. The first-order valence-corrected chi connectivity index (χ1v) is 9.40. The first-order chi connectivity index (χ1) is 12.0. The number of nitrogens with zero attached hydrogens (tertiary/aromatic N) is 1. The van der Waals surface area contributed by atoms with Gasteiger partial charge in [0, 0.05) is 13.3 Å². The Hall–Kier alpha value is -2.81. The van der Waals surface area contributed by atoms with Crippen molar-refractivity contribution < 1.29 is 32.3 Å². The molecule has 0 atom stereocenters. The third-order valence-electron chi connectivity index (χ3n) is 3.77. The second-order valence-electron chi connectivity index (χ2n) is 5.78. The number of carbonyl (C=O) groups is 2. The molecular weight excluding hydrogens is 362 g/mol. The number of aryl methyl sites for hydroxylation is 1. The van der Waals surface area contributed by atoms with Crippen LogP contribution in [0.1, 0.15) is 32.2 Å². The number of hydrogen-bond acceptors (Lipinski definition) is 6. The molecule has 0 aliphatic carbocycles. The molecule has 1 aromatic heterocycles. The molecule has 140 valence electrons. The Bertz CT molecular complexity index is 959. The first kappa shape index (κ1) is 19.5. The highest BCUT2D eigenvalue weighted by atomic mass is 32.2. The van der Waals surface area contributed by atoms with Crippen LogP contribution in [-0.4, -0.2) is 50.7 Å². The molecule has 1 aromatic carbocycles. The maximum atomic E-state index is 12.7. The molecule has 26 heavy (non-hydrogen) atoms. The van der Waals surface area contributed by atoms with Gasteiger partial charge in [-0.1, -0.05) is 0 Å². The van der Waals surface area contributed by atoms with Gasteiger partial charge in [-0.3, -0.25) is 4.79 Å². The van der Waals surface area contributed by atoms with Crippen LogP contribution in [0.5, 0.6) is 5.75 Å². The van der Waals surface area contributed by atoms with Gasteiger partial charge in [0.05, 0.1) is 24.1 Å². The van der Waals surface area contributed by atoms with E-state index in [4.69, 9.17) is 14.3 Å². The molecule has 2 rings (SSSR count). The number of carboxylic acids is 1. The summed E-state index contributed by atoms with van der Waals surface area (Å²) < 4.78 is 34.0. The molecule has 1 N–H and O–H groups in total. The number of carboxylic acid groups (broad SMARTS) is 1. The van der Waals surface area contributed by atoms with Crippen LogP contribution >= 0.6 is 0 Å². The van der Waals surface area contributed by atoms with E-state index in [0.717, 1.165) is 6.26 Å². The van der Waals surface area contributed by atoms with Crippen molar-refractivity contribution >= 4 is 21.7 Å². The molecule has 8 nitrogen and oxygen atoms in total. The number of furan rings is 1. The Morgan fingerprint density at radius 3 is 2.38 bits per heavy atom. The summed E-state index contributed by atoms with van der Waals surface area (Å²) in [6.45, 7) is 1.53. The Kier molecular flexibility index (Phi) is 5.41. The van der Waals surface area contributed by atoms with E-state index in [9.17, 15) is 18.0 Å². The Morgan fingerprint density at radius 2 is 1.88 bits per heavy atom. The summed E-state index contributed by atoms with van der Waals surface area (Å²) in [6.07, 6.45) is 1.05. The van der Waals surface area contributed by atoms with Crippen molar-refractivity contribution in [2.45, 2.75) is 18.4 Å². The molecule has 0 unspecified atom stereocenters. The Labute approximate surface area is 150 Å². The van der Waals surface area contributed by atoms with E-state index in [-0.39, 0.29) is 34.1 Å². The number of amides is 1. The molecule has 1 amide bonds. The summed E-state index contributed by atoms with van der Waals surface area (Å²) in [6, 6.07) is 5.38. The van der Waals surface area contributed by atoms with Crippen LogP contribution < -0.4 is 4.74 Å². The Morgan fingerprint density at radius 1 is 1.23 bits per heavy atom. The zero-order chi connectivity index (χ0) is 19.6. The van der Waals surface area contributed by atoms with Crippen LogP contribution in [0.4, 0.5) is 0 Å². The largest absolute Gasteiger partial charge is 0.496 e. The van der Waals surface area contributed by atoms with Crippen LogP contribution in [0.15, 0.2) is 33.6 Å². The van der Waals surface area contributed by atoms with Crippen molar-refractivity contribution in [3.05, 3.63) is 46.9 Å². The minimum atomic E-state index is -3.49. The number of aromatic carboxylic acids is 1. The maximum absolute atomic E-state index is 12.7. The van der Waals surface area contributed by atoms with Gasteiger partial charge in [0.2, 0.25) is 0 Å². The molecule has 0 bridgehead atoms. The molecular formula is C17H19NO7S. The molecule has 2 aromatic rings. The minimum Gasteiger partial charge on any atom is -0.496 e. The third kappa shape index (κ3) is 4.05. The molecule has 0 saturated carbocycles. The lowest BCUT2D eigenvalue weighted by atomic mass is 10.1. The van der Waals surface area contributed by atoms with Crippen LogP contribution in [0.3, 0.4) is 0 Å². The SMILES string of the molecule is COc1ccc(S(C)(=O)=O)cc1C(=O)N(C)Cc1cc(C(=O)O)c(C)o1. The summed E-state index contributed by atoms with van der Waals surface area (Å²) in [4.78, 5) is 25.1. The lowest BCUT2D eigenvalue weighted by molar-refractivity contribution is 0.0694. The lowest BCUT2D eigenvalue weighted by Gasteiger charge is -2.18. The van der Waals surface area contributed by atoms with E-state index in [1.807, 2.05) is 0 Å². The fraction of sp³-hybridized carbons (Fsp3) is 0.294. The third-order valence-corrected chi connectivity index (χ3v) is 4.88. The summed E-state index contributed by atoms with van der Waals surface area (Å²) >= 11 is 0. The number of hydrogen-bond donors (Lipinski definition) is 1. The zero-order valence-corrected chi connectivity index (χ0v) is 15.6. The van der Waals surface area contributed by atoms with E-state index < -0.39 is 21.7 Å². The number of methoxy groups -OCH3 is 1. The summed E-state index contributed by atoms with van der Waals surface area (Å²) in [5.41, 5.74) is 0.108. The average Bonchev–Trinajstić information content (AvgIpc) is 2.93. The first-order valence-electron chi connectivity index (χ1n) is 7.50. The number of carbonyl (C=O) groups excluding carboxylic acids is 1. The average molecular weight is 381 g/mol. The van der Waals surface area contributed by atoms with Crippen molar-refractivity contribution in [2.24, 2.45) is 0 Å². The molecule has 0 spiro atoms. The topological polar surface area (TPSA) is 114 Å². The standard InChI is InChI=1S/C17H19NO7S/c1-10-13(17(20)21)7-11(25-10)9-18(2)16(19)14-8-12(26(4,22)23)5-6-15(14)24-3/h5-8H,9H2,1-4H3,(H,20,21). The highest BCUT2D eigenvalue weighted by Crippen LogP contribution is 2.25. The second-order valence-corrected chi connectivity index (χ2v) is 7.80. The molecule has 0 radical (unpaired) electrons. The van der Waals surface area contributed by atoms with E-state index in [0.29, 0.717) is 5.76 Å². The van der Waals surface area contributed by atoms with Gasteiger partial charge in [0.15, 0.2) is 9.84 Å². The number of sulfone groups is 1. The van der Waals surface area contributed by atoms with Crippen molar-refractivity contribution in [3.63, 3.8) is 0 Å². The molecule has 0 fully saturated rings. The minimum absolute atomic E-state index is 0.00273.